The van der Waals surface area contributed by atoms with Crippen molar-refractivity contribution in [3.63, 3.8) is 0 Å². The van der Waals surface area contributed by atoms with Gasteiger partial charge < -0.3 is 5.32 Å². The van der Waals surface area contributed by atoms with Crippen molar-refractivity contribution >= 4 is 21.4 Å². The molecule has 1 saturated carbocycles. The number of nitrogens with zero attached hydrogens (tertiary/aromatic N) is 3. The summed E-state index contributed by atoms with van der Waals surface area (Å²) in [6.45, 7) is -0.223. The van der Waals surface area contributed by atoms with Crippen LogP contribution in [0.2, 0.25) is 0 Å². The minimum absolute atomic E-state index is 0.313. The van der Waals surface area contributed by atoms with E-state index in [9.17, 15) is 48.3 Å². The summed E-state index contributed by atoms with van der Waals surface area (Å²) in [4.78, 5) is 16.5. The summed E-state index contributed by atoms with van der Waals surface area (Å²) in [5, 5.41) is 4.88. The number of nitrogens with one attached hydrogen (secondary N) is 1. The molecule has 0 saturated heterocycles. The first-order valence-electron chi connectivity index (χ1n) is 9.89. The molecule has 2 aromatic heterocycles. The second-order valence-electron chi connectivity index (χ2n) is 8.29. The maximum Gasteiger partial charge on any atom is 0.420 e. The van der Waals surface area contributed by atoms with Crippen LogP contribution in [0.15, 0.2) is 23.4 Å². The summed E-state index contributed by atoms with van der Waals surface area (Å²) in [5.74, 6) is -8.28. The fourth-order valence-corrected chi connectivity index (χ4v) is 4.21. The molecule has 0 radical (unpaired) electrons. The van der Waals surface area contributed by atoms with Crippen LogP contribution in [0.3, 0.4) is 0 Å². The maximum absolute atomic E-state index is 13.9. The Bertz CT molecular complexity index is 1230. The van der Waals surface area contributed by atoms with E-state index < -0.39 is 87.2 Å². The molecule has 7 nitrogen and oxygen atoms in total. The van der Waals surface area contributed by atoms with E-state index in [1.165, 1.54) is 0 Å². The van der Waals surface area contributed by atoms with Crippen LogP contribution in [0.5, 0.6) is 0 Å². The highest BCUT2D eigenvalue weighted by Crippen LogP contribution is 2.46. The number of pyridine rings is 1. The van der Waals surface area contributed by atoms with E-state index in [4.69, 9.17) is 0 Å². The Kier molecular flexibility index (Phi) is 6.67. The van der Waals surface area contributed by atoms with Gasteiger partial charge in [-0.1, -0.05) is 0 Å². The second-order valence-corrected chi connectivity index (χ2v) is 10.3. The Morgan fingerprint density at radius 1 is 1.23 bits per heavy atom. The number of carbonyl (C=O) groups excluding carboxylic acids is 1. The van der Waals surface area contributed by atoms with E-state index in [-0.39, 0.29) is 5.69 Å². The van der Waals surface area contributed by atoms with Gasteiger partial charge in [0.2, 0.25) is 5.92 Å². The number of rotatable bonds is 6. The van der Waals surface area contributed by atoms with Crippen molar-refractivity contribution in [1.29, 1.82) is 0 Å². The molecule has 2 heterocycles. The average molecular weight is 534 g/mol. The first-order valence-corrected chi connectivity index (χ1v) is 11.8. The van der Waals surface area contributed by atoms with Gasteiger partial charge in [-0.2, -0.15) is 31.4 Å². The molecule has 1 aliphatic carbocycles. The van der Waals surface area contributed by atoms with E-state index in [0.29, 0.717) is 11.6 Å². The molecular formula is C19H18F8N4O3S. The number of alkyl halides is 8. The first-order chi connectivity index (χ1) is 15.8. The van der Waals surface area contributed by atoms with Gasteiger partial charge in [-0.25, -0.2) is 22.2 Å². The topological polar surface area (TPSA) is 93.9 Å². The molecule has 1 N–H and O–H groups in total. The molecule has 1 aliphatic rings. The third-order valence-electron chi connectivity index (χ3n) is 5.36. The van der Waals surface area contributed by atoms with Gasteiger partial charge in [-0.3, -0.25) is 9.48 Å². The number of halogens is 8. The van der Waals surface area contributed by atoms with E-state index >= 15 is 0 Å². The lowest BCUT2D eigenvalue weighted by Crippen LogP contribution is -2.38. The summed E-state index contributed by atoms with van der Waals surface area (Å²) >= 11 is 0. The molecule has 0 bridgehead atoms. The van der Waals surface area contributed by atoms with E-state index in [1.807, 2.05) is 5.32 Å². The Morgan fingerprint density at radius 3 is 2.31 bits per heavy atom. The summed E-state index contributed by atoms with van der Waals surface area (Å²) in [6, 6.07) is 1.89. The number of amides is 1. The molecule has 1 atom stereocenters. The molecule has 3 rings (SSSR count). The van der Waals surface area contributed by atoms with Crippen molar-refractivity contribution in [2.75, 3.05) is 11.6 Å². The second kappa shape index (κ2) is 8.71. The van der Waals surface area contributed by atoms with Gasteiger partial charge in [0.1, 0.15) is 11.3 Å². The fraction of sp³-hybridized carbons (Fsp3) is 0.526. The molecule has 35 heavy (non-hydrogen) atoms. The van der Waals surface area contributed by atoms with Gasteiger partial charge in [-0.15, -0.1) is 0 Å². The number of aromatic nitrogens is 3. The highest BCUT2D eigenvalue weighted by Gasteiger charge is 2.50. The van der Waals surface area contributed by atoms with Crippen LogP contribution in [0.25, 0.3) is 0 Å². The van der Waals surface area contributed by atoms with E-state index in [2.05, 4.69) is 10.1 Å². The van der Waals surface area contributed by atoms with Gasteiger partial charge in [-0.05, 0) is 25.0 Å². The van der Waals surface area contributed by atoms with Crippen molar-refractivity contribution < 1.29 is 48.3 Å². The van der Waals surface area contributed by atoms with Gasteiger partial charge in [0.05, 0.1) is 11.6 Å². The van der Waals surface area contributed by atoms with Crippen LogP contribution in [-0.2, 0) is 22.6 Å². The zero-order valence-corrected chi connectivity index (χ0v) is 18.8. The van der Waals surface area contributed by atoms with Crippen LogP contribution in [-0.4, -0.2) is 47.4 Å². The smallest absolute Gasteiger partial charge is 0.320 e. The van der Waals surface area contributed by atoms with Gasteiger partial charge >= 0.3 is 12.4 Å². The zero-order valence-electron chi connectivity index (χ0n) is 18.0. The predicted octanol–water partition coefficient (Wildman–Crippen LogP) is 4.66. The molecule has 194 valence electrons. The molecule has 1 amide bonds. The Hall–Kier alpha value is -2.78. The molecular weight excluding hydrogens is 516 g/mol. The Labute approximate surface area is 193 Å². The summed E-state index contributed by atoms with van der Waals surface area (Å²) in [7, 11) is -3.87. The molecule has 0 spiro atoms. The van der Waals surface area contributed by atoms with Crippen LogP contribution in [0, 0.1) is 5.92 Å². The van der Waals surface area contributed by atoms with Gasteiger partial charge in [0.25, 0.3) is 5.91 Å². The van der Waals surface area contributed by atoms with Crippen molar-refractivity contribution in [1.82, 2.24) is 14.8 Å². The van der Waals surface area contributed by atoms with E-state index in [0.717, 1.165) is 24.6 Å². The van der Waals surface area contributed by atoms with E-state index in [1.54, 1.807) is 0 Å². The van der Waals surface area contributed by atoms with Crippen LogP contribution < -0.4 is 5.32 Å². The largest absolute Gasteiger partial charge is 0.420 e. The van der Waals surface area contributed by atoms with Gasteiger partial charge in [0, 0.05) is 37.5 Å². The third-order valence-corrected chi connectivity index (χ3v) is 6.34. The minimum atomic E-state index is -5.46. The van der Waals surface area contributed by atoms with Crippen molar-refractivity contribution in [2.24, 2.45) is 5.92 Å². The number of hydrogen-bond acceptors (Lipinski definition) is 5. The lowest BCUT2D eigenvalue weighted by molar-refractivity contribution is -0.154. The first kappa shape index (κ1) is 26.8. The standard InChI is InChI=1S/C19H18F8N4O3S/c1-9(18(22,23)24)14-13(19(25,26)27)15(31(30-14)8-10-6-17(20,21)7-10)16(32)29-11-3-4-28-12(5-11)35(2,33)34/h3-5,9-10H,6-8H2,1-2H3,(H,28,29,32). The fourth-order valence-electron chi connectivity index (χ4n) is 3.62. The third kappa shape index (κ3) is 5.90. The van der Waals surface area contributed by atoms with Crippen molar-refractivity contribution in [2.45, 2.75) is 55.5 Å². The summed E-state index contributed by atoms with van der Waals surface area (Å²) < 4.78 is 132. The lowest BCUT2D eigenvalue weighted by Gasteiger charge is -2.35. The number of sulfone groups is 1. The monoisotopic (exact) mass is 534 g/mol. The Balaban J connectivity index is 2.11. The molecule has 1 fully saturated rings. The highest BCUT2D eigenvalue weighted by atomic mass is 32.2. The zero-order chi connectivity index (χ0) is 26.6. The van der Waals surface area contributed by atoms with Crippen LogP contribution in [0.1, 0.15) is 47.4 Å². The quantitative estimate of drug-likeness (QED) is 0.544. The molecule has 0 aliphatic heterocycles. The number of carbonyl (C=O) groups is 1. The molecule has 2 aromatic rings. The number of anilines is 1. The minimum Gasteiger partial charge on any atom is -0.320 e. The SMILES string of the molecule is CC(c1nn(CC2CC(F)(F)C2)c(C(=O)Nc2ccnc(S(C)(=O)=O)c2)c1C(F)(F)F)C(F)(F)F. The molecule has 1 unspecified atom stereocenters. The molecule has 0 aromatic carbocycles. The van der Waals surface area contributed by atoms with Crippen molar-refractivity contribution in [3.05, 3.63) is 35.3 Å². The highest BCUT2D eigenvalue weighted by molar-refractivity contribution is 7.90. The predicted molar refractivity (Wildman–Crippen MR) is 105 cm³/mol. The normalized spacial score (nSPS) is 17.7. The summed E-state index contributed by atoms with van der Waals surface area (Å²) in [5.41, 5.74) is -5.06. The van der Waals surface area contributed by atoms with Gasteiger partial charge in [0.15, 0.2) is 14.9 Å². The molecule has 16 heteroatoms. The lowest BCUT2D eigenvalue weighted by atomic mass is 9.81. The summed E-state index contributed by atoms with van der Waals surface area (Å²) in [6.07, 6.45) is -10.3. The average Bonchev–Trinajstić information content (AvgIpc) is 3.04. The van der Waals surface area contributed by atoms with Crippen LogP contribution >= 0.6 is 0 Å². The number of hydrogen-bond donors (Lipinski definition) is 1. The maximum atomic E-state index is 13.9. The van der Waals surface area contributed by atoms with Crippen LogP contribution in [0.4, 0.5) is 40.8 Å². The Morgan fingerprint density at radius 2 is 1.83 bits per heavy atom. The van der Waals surface area contributed by atoms with Crippen molar-refractivity contribution in [3.8, 4) is 0 Å².